The Hall–Kier alpha value is -0.860. The summed E-state index contributed by atoms with van der Waals surface area (Å²) in [5, 5.41) is 3.66. The fourth-order valence-electron chi connectivity index (χ4n) is 4.00. The molecule has 2 heteroatoms. The highest BCUT2D eigenvalue weighted by atomic mass is 16.5. The van der Waals surface area contributed by atoms with Gasteiger partial charge in [0.2, 0.25) is 0 Å². The number of hydrogen-bond acceptors (Lipinski definition) is 2. The second-order valence-electron chi connectivity index (χ2n) is 6.78. The van der Waals surface area contributed by atoms with Gasteiger partial charge in [-0.25, -0.2) is 0 Å². The van der Waals surface area contributed by atoms with E-state index in [0.717, 1.165) is 19.5 Å². The summed E-state index contributed by atoms with van der Waals surface area (Å²) in [7, 11) is 0. The fraction of sp³-hybridized carbons (Fsp3) is 0.667. The summed E-state index contributed by atoms with van der Waals surface area (Å²) in [6.07, 6.45) is 6.14. The third-order valence-corrected chi connectivity index (χ3v) is 5.30. The van der Waals surface area contributed by atoms with Crippen LogP contribution >= 0.6 is 0 Å². The summed E-state index contributed by atoms with van der Waals surface area (Å²) < 4.78 is 6.76. The molecule has 3 unspecified atom stereocenters. The van der Waals surface area contributed by atoms with E-state index in [1.807, 2.05) is 0 Å². The molecule has 1 N–H and O–H groups in total. The van der Waals surface area contributed by atoms with E-state index in [1.165, 1.54) is 31.2 Å². The second-order valence-corrected chi connectivity index (χ2v) is 6.78. The van der Waals surface area contributed by atoms with Gasteiger partial charge in [0.05, 0.1) is 11.2 Å². The molecule has 1 aliphatic heterocycles. The number of ether oxygens (including phenoxy) is 1. The minimum Gasteiger partial charge on any atom is -0.366 e. The largest absolute Gasteiger partial charge is 0.366 e. The first kappa shape index (κ1) is 14.1. The van der Waals surface area contributed by atoms with Crippen LogP contribution in [0.1, 0.15) is 57.4 Å². The molecule has 2 nitrogen and oxygen atoms in total. The van der Waals surface area contributed by atoms with Crippen LogP contribution in [-0.2, 0) is 4.74 Å². The Bertz CT molecular complexity index is 442. The predicted molar refractivity (Wildman–Crippen MR) is 83.0 cm³/mol. The summed E-state index contributed by atoms with van der Waals surface area (Å²) in [6.45, 7) is 6.48. The fourth-order valence-corrected chi connectivity index (χ4v) is 4.00. The SMILES string of the molecule is CCC1(C)CNCC2(CCCCC2c2ccccc2)O1. The maximum absolute atomic E-state index is 6.76. The minimum atomic E-state index is -0.0113. The standard InChI is InChI=1S/C18H27NO/c1-3-17(2)13-19-14-18(20-17)12-8-7-11-16(18)15-9-5-4-6-10-15/h4-6,9-10,16,19H,3,7-8,11-14H2,1-2H3. The lowest BCUT2D eigenvalue weighted by Crippen LogP contribution is -2.62. The van der Waals surface area contributed by atoms with Crippen molar-refractivity contribution >= 4 is 0 Å². The molecule has 0 amide bonds. The van der Waals surface area contributed by atoms with Crippen LogP contribution in [0.5, 0.6) is 0 Å². The molecule has 3 rings (SSSR count). The third-order valence-electron chi connectivity index (χ3n) is 5.30. The van der Waals surface area contributed by atoms with Crippen LogP contribution in [0.25, 0.3) is 0 Å². The number of benzene rings is 1. The van der Waals surface area contributed by atoms with Crippen molar-refractivity contribution in [2.24, 2.45) is 0 Å². The Labute approximate surface area is 122 Å². The first-order valence-electron chi connectivity index (χ1n) is 8.13. The Balaban J connectivity index is 1.92. The van der Waals surface area contributed by atoms with Gasteiger partial charge in [-0.15, -0.1) is 0 Å². The molecule has 110 valence electrons. The molecule has 1 saturated heterocycles. The predicted octanol–water partition coefficient (Wildman–Crippen LogP) is 3.87. The summed E-state index contributed by atoms with van der Waals surface area (Å²) in [4.78, 5) is 0. The zero-order valence-corrected chi connectivity index (χ0v) is 12.8. The van der Waals surface area contributed by atoms with Crippen LogP contribution in [0.2, 0.25) is 0 Å². The molecule has 1 spiro atoms. The normalized spacial score (nSPS) is 38.0. The van der Waals surface area contributed by atoms with E-state index in [0.29, 0.717) is 5.92 Å². The highest BCUT2D eigenvalue weighted by Crippen LogP contribution is 2.46. The van der Waals surface area contributed by atoms with Crippen molar-refractivity contribution in [2.45, 2.75) is 63.1 Å². The quantitative estimate of drug-likeness (QED) is 0.883. The van der Waals surface area contributed by atoms with E-state index >= 15 is 0 Å². The van der Waals surface area contributed by atoms with E-state index in [4.69, 9.17) is 4.74 Å². The number of morpholine rings is 1. The molecular weight excluding hydrogens is 246 g/mol. The zero-order valence-electron chi connectivity index (χ0n) is 12.8. The van der Waals surface area contributed by atoms with Crippen molar-refractivity contribution in [3.8, 4) is 0 Å². The van der Waals surface area contributed by atoms with Crippen molar-refractivity contribution < 1.29 is 4.74 Å². The van der Waals surface area contributed by atoms with E-state index < -0.39 is 0 Å². The van der Waals surface area contributed by atoms with Crippen LogP contribution in [-0.4, -0.2) is 24.3 Å². The summed E-state index contributed by atoms with van der Waals surface area (Å²) >= 11 is 0. The van der Waals surface area contributed by atoms with E-state index in [2.05, 4.69) is 49.5 Å². The molecule has 0 radical (unpaired) electrons. The van der Waals surface area contributed by atoms with Crippen LogP contribution in [0.3, 0.4) is 0 Å². The van der Waals surface area contributed by atoms with Gasteiger partial charge < -0.3 is 10.1 Å². The first-order valence-corrected chi connectivity index (χ1v) is 8.13. The van der Waals surface area contributed by atoms with Crippen LogP contribution < -0.4 is 5.32 Å². The summed E-state index contributed by atoms with van der Waals surface area (Å²) in [5.74, 6) is 0.538. The molecular formula is C18H27NO. The Morgan fingerprint density at radius 1 is 1.20 bits per heavy atom. The van der Waals surface area contributed by atoms with Crippen LogP contribution in [0.15, 0.2) is 30.3 Å². The first-order chi connectivity index (χ1) is 9.68. The summed E-state index contributed by atoms with van der Waals surface area (Å²) in [5.41, 5.74) is 1.44. The average molecular weight is 273 g/mol. The van der Waals surface area contributed by atoms with Gasteiger partial charge in [-0.3, -0.25) is 0 Å². The van der Waals surface area contributed by atoms with Crippen LogP contribution in [0.4, 0.5) is 0 Å². The van der Waals surface area contributed by atoms with Gasteiger partial charge in [0.25, 0.3) is 0 Å². The maximum Gasteiger partial charge on any atom is 0.0882 e. The van der Waals surface area contributed by atoms with Gasteiger partial charge in [0, 0.05) is 19.0 Å². The number of hydrogen-bond donors (Lipinski definition) is 1. The van der Waals surface area contributed by atoms with E-state index in [-0.39, 0.29) is 11.2 Å². The van der Waals surface area contributed by atoms with Crippen molar-refractivity contribution in [1.82, 2.24) is 5.32 Å². The lowest BCUT2D eigenvalue weighted by atomic mass is 9.70. The highest BCUT2D eigenvalue weighted by Gasteiger charge is 2.48. The van der Waals surface area contributed by atoms with Gasteiger partial charge >= 0.3 is 0 Å². The van der Waals surface area contributed by atoms with Crippen molar-refractivity contribution in [1.29, 1.82) is 0 Å². The topological polar surface area (TPSA) is 21.3 Å². The monoisotopic (exact) mass is 273 g/mol. The van der Waals surface area contributed by atoms with Gasteiger partial charge in [-0.1, -0.05) is 50.1 Å². The lowest BCUT2D eigenvalue weighted by Gasteiger charge is -2.53. The third kappa shape index (κ3) is 2.51. The van der Waals surface area contributed by atoms with Crippen molar-refractivity contribution in [3.05, 3.63) is 35.9 Å². The zero-order chi connectivity index (χ0) is 14.1. The molecule has 2 aliphatic rings. The molecule has 0 bridgehead atoms. The van der Waals surface area contributed by atoms with Crippen molar-refractivity contribution in [2.75, 3.05) is 13.1 Å². The minimum absolute atomic E-state index is 0.00259. The molecule has 1 aromatic rings. The van der Waals surface area contributed by atoms with Gasteiger partial charge in [-0.2, -0.15) is 0 Å². The molecule has 1 heterocycles. The molecule has 3 atom stereocenters. The Morgan fingerprint density at radius 3 is 2.75 bits per heavy atom. The molecule has 1 saturated carbocycles. The van der Waals surface area contributed by atoms with Gasteiger partial charge in [-0.05, 0) is 31.7 Å². The molecule has 1 aliphatic carbocycles. The van der Waals surface area contributed by atoms with Gasteiger partial charge in [0.1, 0.15) is 0 Å². The number of rotatable bonds is 2. The number of nitrogens with one attached hydrogen (secondary N) is 1. The highest BCUT2D eigenvalue weighted by molar-refractivity contribution is 5.25. The van der Waals surface area contributed by atoms with E-state index in [9.17, 15) is 0 Å². The molecule has 1 aromatic carbocycles. The molecule has 0 aromatic heterocycles. The smallest absolute Gasteiger partial charge is 0.0882 e. The average Bonchev–Trinajstić information content (AvgIpc) is 2.48. The molecule has 2 fully saturated rings. The lowest BCUT2D eigenvalue weighted by molar-refractivity contribution is -0.193. The van der Waals surface area contributed by atoms with E-state index in [1.54, 1.807) is 0 Å². The Kier molecular flexibility index (Phi) is 3.87. The van der Waals surface area contributed by atoms with Crippen LogP contribution in [0, 0.1) is 0 Å². The van der Waals surface area contributed by atoms with Crippen molar-refractivity contribution in [3.63, 3.8) is 0 Å². The second kappa shape index (κ2) is 5.50. The molecule has 20 heavy (non-hydrogen) atoms. The van der Waals surface area contributed by atoms with Gasteiger partial charge in [0.15, 0.2) is 0 Å². The summed E-state index contributed by atoms with van der Waals surface area (Å²) in [6, 6.07) is 11.0. The Morgan fingerprint density at radius 2 is 2.00 bits per heavy atom. The maximum atomic E-state index is 6.76.